The zero-order chi connectivity index (χ0) is 11.7. The number of carbonyl (C=O) groups is 1. The molecule has 0 saturated carbocycles. The molecule has 0 aliphatic rings. The fourth-order valence-corrected chi connectivity index (χ4v) is 1.58. The van der Waals surface area contributed by atoms with E-state index < -0.39 is 6.43 Å². The number of hydrogen-bond donors (Lipinski definition) is 0. The summed E-state index contributed by atoms with van der Waals surface area (Å²) in [6.45, 7) is 2.00. The summed E-state index contributed by atoms with van der Waals surface area (Å²) in [4.78, 5) is 11.3. The molecule has 0 spiro atoms. The molecule has 0 saturated heterocycles. The van der Waals surface area contributed by atoms with Gasteiger partial charge in [0.2, 0.25) is 6.43 Å². The van der Waals surface area contributed by atoms with Gasteiger partial charge in [-0.3, -0.25) is 4.79 Å². The Hall–Kier alpha value is -0.670. The van der Waals surface area contributed by atoms with E-state index in [1.165, 1.54) is 7.11 Å². The van der Waals surface area contributed by atoms with Crippen molar-refractivity contribution < 1.29 is 18.3 Å². The van der Waals surface area contributed by atoms with Gasteiger partial charge in [-0.1, -0.05) is 19.8 Å². The molecule has 2 nitrogen and oxygen atoms in total. The van der Waals surface area contributed by atoms with E-state index in [9.17, 15) is 13.6 Å². The summed E-state index contributed by atoms with van der Waals surface area (Å²) in [5.74, 6) is -0.327. The predicted octanol–water partition coefficient (Wildman–Crippen LogP) is 3.40. The second-order valence-corrected chi connectivity index (χ2v) is 3.68. The minimum Gasteiger partial charge on any atom is -0.469 e. The molecule has 0 radical (unpaired) electrons. The number of halogens is 2. The van der Waals surface area contributed by atoms with Gasteiger partial charge >= 0.3 is 5.97 Å². The molecule has 0 aliphatic carbocycles. The number of alkyl halides is 2. The SMILES string of the molecule is CCCC(CCCCC(F)F)C(=O)OC. The van der Waals surface area contributed by atoms with Crippen LogP contribution in [0.4, 0.5) is 8.78 Å². The third-order valence-corrected chi connectivity index (χ3v) is 2.40. The highest BCUT2D eigenvalue weighted by molar-refractivity contribution is 5.72. The van der Waals surface area contributed by atoms with Gasteiger partial charge in [0.05, 0.1) is 13.0 Å². The molecule has 0 N–H and O–H groups in total. The van der Waals surface area contributed by atoms with E-state index in [2.05, 4.69) is 4.74 Å². The summed E-state index contributed by atoms with van der Waals surface area (Å²) < 4.78 is 28.3. The molecule has 0 rings (SSSR count). The molecule has 90 valence electrons. The second kappa shape index (κ2) is 8.62. The van der Waals surface area contributed by atoms with Crippen LogP contribution in [0.15, 0.2) is 0 Å². The molecule has 1 unspecified atom stereocenters. The lowest BCUT2D eigenvalue weighted by Gasteiger charge is -2.13. The van der Waals surface area contributed by atoms with Crippen molar-refractivity contribution in [3.63, 3.8) is 0 Å². The Balaban J connectivity index is 3.71. The summed E-state index contributed by atoms with van der Waals surface area (Å²) in [5, 5.41) is 0. The lowest BCUT2D eigenvalue weighted by molar-refractivity contribution is -0.146. The molecular formula is C11H20F2O2. The van der Waals surface area contributed by atoms with Crippen LogP contribution in [0.1, 0.15) is 45.4 Å². The number of esters is 1. The number of methoxy groups -OCH3 is 1. The summed E-state index contributed by atoms with van der Waals surface area (Å²) in [5.41, 5.74) is 0. The van der Waals surface area contributed by atoms with Crippen molar-refractivity contribution in [1.29, 1.82) is 0 Å². The molecule has 0 fully saturated rings. The van der Waals surface area contributed by atoms with E-state index in [0.717, 1.165) is 12.8 Å². The van der Waals surface area contributed by atoms with Gasteiger partial charge < -0.3 is 4.74 Å². The standard InChI is InChI=1S/C11H20F2O2/c1-3-6-9(11(14)15-2)7-4-5-8-10(12)13/h9-10H,3-8H2,1-2H3. The van der Waals surface area contributed by atoms with E-state index in [0.29, 0.717) is 19.3 Å². The van der Waals surface area contributed by atoms with E-state index in [4.69, 9.17) is 0 Å². The van der Waals surface area contributed by atoms with Crippen molar-refractivity contribution >= 4 is 5.97 Å². The first-order valence-electron chi connectivity index (χ1n) is 5.47. The number of ether oxygens (including phenoxy) is 1. The molecule has 0 amide bonds. The minimum absolute atomic E-state index is 0.0694. The first-order chi connectivity index (χ1) is 7.11. The molecule has 0 aromatic rings. The lowest BCUT2D eigenvalue weighted by Crippen LogP contribution is -2.16. The Morgan fingerprint density at radius 3 is 2.27 bits per heavy atom. The van der Waals surface area contributed by atoms with Crippen molar-refractivity contribution in [3.8, 4) is 0 Å². The Labute approximate surface area is 90.0 Å². The molecule has 4 heteroatoms. The second-order valence-electron chi connectivity index (χ2n) is 3.68. The highest BCUT2D eigenvalue weighted by atomic mass is 19.3. The maximum absolute atomic E-state index is 11.8. The largest absolute Gasteiger partial charge is 0.469 e. The molecule has 0 bridgehead atoms. The average Bonchev–Trinajstić information content (AvgIpc) is 2.21. The van der Waals surface area contributed by atoms with Crippen molar-refractivity contribution in [2.24, 2.45) is 5.92 Å². The molecule has 1 atom stereocenters. The van der Waals surface area contributed by atoms with Crippen LogP contribution in [0, 0.1) is 5.92 Å². The van der Waals surface area contributed by atoms with Crippen molar-refractivity contribution in [1.82, 2.24) is 0 Å². The van der Waals surface area contributed by atoms with Crippen LogP contribution < -0.4 is 0 Å². The number of unbranched alkanes of at least 4 members (excludes halogenated alkanes) is 1. The number of rotatable bonds is 8. The quantitative estimate of drug-likeness (QED) is 0.464. The summed E-state index contributed by atoms with van der Waals surface area (Å²) in [6.07, 6.45) is 1.20. The number of carbonyl (C=O) groups excluding carboxylic acids is 1. The Bertz CT molecular complexity index is 172. The first-order valence-corrected chi connectivity index (χ1v) is 5.47. The highest BCUT2D eigenvalue weighted by Crippen LogP contribution is 2.18. The summed E-state index contributed by atoms with van der Waals surface area (Å²) in [7, 11) is 1.37. The molecule has 0 aromatic carbocycles. The number of hydrogen-bond acceptors (Lipinski definition) is 2. The maximum atomic E-state index is 11.8. The molecular weight excluding hydrogens is 202 g/mol. The van der Waals surface area contributed by atoms with Gasteiger partial charge in [0.15, 0.2) is 0 Å². The van der Waals surface area contributed by atoms with Gasteiger partial charge in [-0.2, -0.15) is 0 Å². The van der Waals surface area contributed by atoms with Gasteiger partial charge in [-0.15, -0.1) is 0 Å². The van der Waals surface area contributed by atoms with Gasteiger partial charge in [0, 0.05) is 6.42 Å². The van der Waals surface area contributed by atoms with E-state index in [1.807, 2.05) is 6.92 Å². The molecule has 0 heterocycles. The fourth-order valence-electron chi connectivity index (χ4n) is 1.58. The zero-order valence-electron chi connectivity index (χ0n) is 9.47. The smallest absolute Gasteiger partial charge is 0.308 e. The third-order valence-electron chi connectivity index (χ3n) is 2.40. The van der Waals surface area contributed by atoms with Crippen LogP contribution >= 0.6 is 0 Å². The highest BCUT2D eigenvalue weighted by Gasteiger charge is 2.17. The fraction of sp³-hybridized carbons (Fsp3) is 0.909. The minimum atomic E-state index is -2.23. The van der Waals surface area contributed by atoms with Gasteiger partial charge in [0.25, 0.3) is 0 Å². The maximum Gasteiger partial charge on any atom is 0.308 e. The molecule has 0 aromatic heterocycles. The van der Waals surface area contributed by atoms with E-state index in [-0.39, 0.29) is 18.3 Å². The van der Waals surface area contributed by atoms with Crippen molar-refractivity contribution in [2.45, 2.75) is 51.9 Å². The van der Waals surface area contributed by atoms with Crippen LogP contribution in [-0.2, 0) is 9.53 Å². The normalized spacial score (nSPS) is 12.9. The zero-order valence-corrected chi connectivity index (χ0v) is 9.47. The monoisotopic (exact) mass is 222 g/mol. The van der Waals surface area contributed by atoms with E-state index in [1.54, 1.807) is 0 Å². The molecule has 0 aliphatic heterocycles. The van der Waals surface area contributed by atoms with Crippen LogP contribution in [0.3, 0.4) is 0 Å². The van der Waals surface area contributed by atoms with Crippen molar-refractivity contribution in [3.05, 3.63) is 0 Å². The lowest BCUT2D eigenvalue weighted by atomic mass is 9.97. The topological polar surface area (TPSA) is 26.3 Å². The third kappa shape index (κ3) is 7.28. The summed E-state index contributed by atoms with van der Waals surface area (Å²) >= 11 is 0. The summed E-state index contributed by atoms with van der Waals surface area (Å²) in [6, 6.07) is 0. The predicted molar refractivity (Wildman–Crippen MR) is 54.9 cm³/mol. The molecule has 15 heavy (non-hydrogen) atoms. The van der Waals surface area contributed by atoms with Crippen LogP contribution in [0.25, 0.3) is 0 Å². The average molecular weight is 222 g/mol. The van der Waals surface area contributed by atoms with Gasteiger partial charge in [0.1, 0.15) is 0 Å². The van der Waals surface area contributed by atoms with Crippen molar-refractivity contribution in [2.75, 3.05) is 7.11 Å². The Morgan fingerprint density at radius 1 is 1.20 bits per heavy atom. The van der Waals surface area contributed by atoms with Crippen LogP contribution in [-0.4, -0.2) is 19.5 Å². The van der Waals surface area contributed by atoms with Gasteiger partial charge in [-0.25, -0.2) is 8.78 Å². The first kappa shape index (κ1) is 14.3. The Morgan fingerprint density at radius 2 is 1.80 bits per heavy atom. The van der Waals surface area contributed by atoms with E-state index >= 15 is 0 Å². The van der Waals surface area contributed by atoms with Gasteiger partial charge in [-0.05, 0) is 19.3 Å². The Kier molecular flexibility index (Phi) is 8.24. The van der Waals surface area contributed by atoms with Crippen LogP contribution in [0.2, 0.25) is 0 Å². The van der Waals surface area contributed by atoms with Crippen LogP contribution in [0.5, 0.6) is 0 Å².